The van der Waals surface area contributed by atoms with Crippen LogP contribution in [0.5, 0.6) is 0 Å². The fourth-order valence-corrected chi connectivity index (χ4v) is 2.53. The molecule has 0 saturated carbocycles. The molecule has 1 saturated heterocycles. The maximum Gasteiger partial charge on any atom is 0.337 e. The summed E-state index contributed by atoms with van der Waals surface area (Å²) in [5, 5.41) is 2.81. The zero-order valence-electron chi connectivity index (χ0n) is 11.6. The molecule has 4 nitrogen and oxygen atoms in total. The third-order valence-electron chi connectivity index (χ3n) is 3.76. The summed E-state index contributed by atoms with van der Waals surface area (Å²) in [4.78, 5) is 24.5. The van der Waals surface area contributed by atoms with Crippen LogP contribution in [0.3, 0.4) is 0 Å². The smallest absolute Gasteiger partial charge is 0.337 e. The van der Waals surface area contributed by atoms with Gasteiger partial charge in [0.05, 0.1) is 5.92 Å². The average Bonchev–Trinajstić information content (AvgIpc) is 2.66. The Morgan fingerprint density at radius 3 is 2.71 bits per heavy atom. The van der Waals surface area contributed by atoms with Crippen molar-refractivity contribution >= 4 is 11.9 Å². The van der Waals surface area contributed by atoms with Crippen LogP contribution in [0.25, 0.3) is 0 Å². The number of nitrogens with one attached hydrogen (secondary N) is 1. The molecule has 0 radical (unpaired) electrons. The van der Waals surface area contributed by atoms with Crippen LogP contribution in [0.15, 0.2) is 66.5 Å². The van der Waals surface area contributed by atoms with Gasteiger partial charge in [0.2, 0.25) is 0 Å². The molecule has 1 amide bonds. The molecule has 0 unspecified atom stereocenters. The fraction of sp³-hybridized carbons (Fsp3) is 0.176. The molecule has 1 aromatic rings. The van der Waals surface area contributed by atoms with E-state index in [0.29, 0.717) is 11.3 Å². The lowest BCUT2D eigenvalue weighted by molar-refractivity contribution is -0.140. The summed E-state index contributed by atoms with van der Waals surface area (Å²) in [6.07, 6.45) is 9.14. The molecule has 21 heavy (non-hydrogen) atoms. The van der Waals surface area contributed by atoms with Crippen LogP contribution in [0.4, 0.5) is 0 Å². The number of hydrogen-bond donors (Lipinski definition) is 1. The molecule has 2 aliphatic rings. The Bertz CT molecular complexity index is 673. The zero-order valence-corrected chi connectivity index (χ0v) is 11.6. The highest BCUT2D eigenvalue weighted by atomic mass is 16.5. The van der Waals surface area contributed by atoms with Crippen molar-refractivity contribution in [2.75, 3.05) is 0 Å². The van der Waals surface area contributed by atoms with Gasteiger partial charge in [-0.25, -0.2) is 4.79 Å². The van der Waals surface area contributed by atoms with Crippen LogP contribution >= 0.6 is 0 Å². The third-order valence-corrected chi connectivity index (χ3v) is 3.76. The number of carbonyl (C=O) groups excluding carboxylic acids is 2. The predicted molar refractivity (Wildman–Crippen MR) is 78.3 cm³/mol. The highest BCUT2D eigenvalue weighted by Crippen LogP contribution is 2.37. The van der Waals surface area contributed by atoms with E-state index in [-0.39, 0.29) is 11.8 Å². The molecule has 1 heterocycles. The molecule has 106 valence electrons. The van der Waals surface area contributed by atoms with Crippen LogP contribution in [0.1, 0.15) is 17.3 Å². The number of rotatable bonds is 2. The first-order valence-corrected chi connectivity index (χ1v) is 6.76. The van der Waals surface area contributed by atoms with E-state index in [1.54, 1.807) is 37.3 Å². The molecule has 0 bridgehead atoms. The standard InChI is InChI=1S/C17H15NO3/c1-17(18-15(19)12-8-4-2-5-9-12)13-10-6-3-7-11-14(13)21-16(17)20/h2-11,13H,1H3,(H,18,19)/t13-,17+/m1/s1. The lowest BCUT2D eigenvalue weighted by atomic mass is 9.86. The lowest BCUT2D eigenvalue weighted by Gasteiger charge is -2.25. The molecule has 3 rings (SSSR count). The molecule has 0 spiro atoms. The van der Waals surface area contributed by atoms with Crippen molar-refractivity contribution in [1.82, 2.24) is 5.32 Å². The lowest BCUT2D eigenvalue weighted by Crippen LogP contribution is -2.53. The van der Waals surface area contributed by atoms with E-state index < -0.39 is 11.5 Å². The van der Waals surface area contributed by atoms with Crippen LogP contribution in [0, 0.1) is 5.92 Å². The number of amides is 1. The first-order valence-electron chi connectivity index (χ1n) is 6.76. The Morgan fingerprint density at radius 1 is 1.19 bits per heavy atom. The Hall–Kier alpha value is -2.62. The SMILES string of the molecule is C[C@@]1(NC(=O)c2ccccc2)C(=O)OC2=CC=CC=C[C@H]21. The normalized spacial score (nSPS) is 26.6. The van der Waals surface area contributed by atoms with Gasteiger partial charge in [-0.3, -0.25) is 4.79 Å². The van der Waals surface area contributed by atoms with Crippen molar-refractivity contribution in [2.45, 2.75) is 12.5 Å². The molecular formula is C17H15NO3. The summed E-state index contributed by atoms with van der Waals surface area (Å²) >= 11 is 0. The van der Waals surface area contributed by atoms with Gasteiger partial charge in [-0.15, -0.1) is 0 Å². The van der Waals surface area contributed by atoms with Crippen molar-refractivity contribution in [3.8, 4) is 0 Å². The van der Waals surface area contributed by atoms with Crippen LogP contribution in [0.2, 0.25) is 0 Å². The van der Waals surface area contributed by atoms with Crippen molar-refractivity contribution < 1.29 is 14.3 Å². The van der Waals surface area contributed by atoms with Gasteiger partial charge in [-0.2, -0.15) is 0 Å². The molecular weight excluding hydrogens is 266 g/mol. The maximum absolute atomic E-state index is 12.3. The molecule has 4 heteroatoms. The quantitative estimate of drug-likeness (QED) is 0.847. The monoisotopic (exact) mass is 281 g/mol. The van der Waals surface area contributed by atoms with Crippen LogP contribution in [-0.4, -0.2) is 17.4 Å². The largest absolute Gasteiger partial charge is 0.429 e. The first-order chi connectivity index (χ1) is 10.1. The molecule has 0 aromatic heterocycles. The first kappa shape index (κ1) is 13.4. The highest BCUT2D eigenvalue weighted by Gasteiger charge is 2.51. The highest BCUT2D eigenvalue weighted by molar-refractivity contribution is 5.99. The molecule has 1 N–H and O–H groups in total. The van der Waals surface area contributed by atoms with Gasteiger partial charge < -0.3 is 10.1 Å². The van der Waals surface area contributed by atoms with Gasteiger partial charge in [0, 0.05) is 5.56 Å². The van der Waals surface area contributed by atoms with E-state index in [2.05, 4.69) is 5.32 Å². The zero-order chi connectivity index (χ0) is 14.9. The summed E-state index contributed by atoms with van der Waals surface area (Å²) in [5.74, 6) is -0.474. The number of benzene rings is 1. The minimum atomic E-state index is -1.10. The van der Waals surface area contributed by atoms with Crippen molar-refractivity contribution in [1.29, 1.82) is 0 Å². The van der Waals surface area contributed by atoms with Crippen LogP contribution < -0.4 is 5.32 Å². The molecule has 1 fully saturated rings. The topological polar surface area (TPSA) is 55.4 Å². The summed E-state index contributed by atoms with van der Waals surface area (Å²) in [7, 11) is 0. The number of hydrogen-bond acceptors (Lipinski definition) is 3. The second-order valence-corrected chi connectivity index (χ2v) is 5.23. The molecule has 2 atom stereocenters. The van der Waals surface area contributed by atoms with Gasteiger partial charge in [-0.05, 0) is 25.1 Å². The summed E-state index contributed by atoms with van der Waals surface area (Å²) in [6, 6.07) is 8.82. The van der Waals surface area contributed by atoms with Gasteiger partial charge in [0.1, 0.15) is 11.3 Å². The average molecular weight is 281 g/mol. The Kier molecular flexibility index (Phi) is 3.22. The van der Waals surface area contributed by atoms with E-state index in [1.165, 1.54) is 0 Å². The number of carbonyl (C=O) groups is 2. The summed E-state index contributed by atoms with van der Waals surface area (Å²) in [6.45, 7) is 1.69. The Balaban J connectivity index is 1.90. The molecule has 1 aliphatic carbocycles. The minimum absolute atomic E-state index is 0.290. The second kappa shape index (κ2) is 5.05. The molecule has 1 aromatic carbocycles. The predicted octanol–water partition coefficient (Wildman–Crippen LogP) is 2.36. The van der Waals surface area contributed by atoms with Gasteiger partial charge in [-0.1, -0.05) is 42.5 Å². The number of ether oxygens (including phenoxy) is 1. The Labute approximate surface area is 122 Å². The molecule has 1 aliphatic heterocycles. The van der Waals surface area contributed by atoms with E-state index in [4.69, 9.17) is 4.74 Å². The van der Waals surface area contributed by atoms with Gasteiger partial charge in [0.15, 0.2) is 0 Å². The Morgan fingerprint density at radius 2 is 1.95 bits per heavy atom. The fourth-order valence-electron chi connectivity index (χ4n) is 2.53. The maximum atomic E-state index is 12.3. The summed E-state index contributed by atoms with van der Waals surface area (Å²) < 4.78 is 5.30. The van der Waals surface area contributed by atoms with Crippen molar-refractivity contribution in [3.05, 3.63) is 72.0 Å². The van der Waals surface area contributed by atoms with E-state index in [0.717, 1.165) is 0 Å². The third kappa shape index (κ3) is 2.29. The van der Waals surface area contributed by atoms with E-state index >= 15 is 0 Å². The van der Waals surface area contributed by atoms with Gasteiger partial charge in [0.25, 0.3) is 5.91 Å². The van der Waals surface area contributed by atoms with Crippen molar-refractivity contribution in [2.24, 2.45) is 5.92 Å². The summed E-state index contributed by atoms with van der Waals surface area (Å²) in [5.41, 5.74) is -0.582. The van der Waals surface area contributed by atoms with E-state index in [9.17, 15) is 9.59 Å². The van der Waals surface area contributed by atoms with E-state index in [1.807, 2.05) is 30.4 Å². The van der Waals surface area contributed by atoms with Crippen molar-refractivity contribution in [3.63, 3.8) is 0 Å². The minimum Gasteiger partial charge on any atom is -0.429 e. The van der Waals surface area contributed by atoms with Crippen LogP contribution in [-0.2, 0) is 9.53 Å². The van der Waals surface area contributed by atoms with Gasteiger partial charge >= 0.3 is 5.97 Å². The number of esters is 1. The number of allylic oxidation sites excluding steroid dienone is 4. The number of fused-ring (bicyclic) bond motifs is 1. The second-order valence-electron chi connectivity index (χ2n) is 5.23.